The van der Waals surface area contributed by atoms with Gasteiger partial charge in [0.2, 0.25) is 0 Å². The Labute approximate surface area is 191 Å². The lowest BCUT2D eigenvalue weighted by Crippen LogP contribution is -2.37. The zero-order valence-electron chi connectivity index (χ0n) is 17.6. The summed E-state index contributed by atoms with van der Waals surface area (Å²) in [6, 6.07) is 17.3. The predicted octanol–water partition coefficient (Wildman–Crippen LogP) is 5.94. The van der Waals surface area contributed by atoms with Crippen molar-refractivity contribution in [2.45, 2.75) is 32.5 Å². The van der Waals surface area contributed by atoms with Gasteiger partial charge in [-0.25, -0.2) is 0 Å². The monoisotopic (exact) mass is 482 g/mol. The van der Waals surface area contributed by atoms with Gasteiger partial charge >= 0.3 is 0 Å². The Balaban J connectivity index is 1.68. The summed E-state index contributed by atoms with van der Waals surface area (Å²) >= 11 is 3.32. The molecule has 6 nitrogen and oxygen atoms in total. The van der Waals surface area contributed by atoms with E-state index in [1.807, 2.05) is 37.3 Å². The normalized spacial score (nSPS) is 19.1. The second kappa shape index (κ2) is 10.9. The summed E-state index contributed by atoms with van der Waals surface area (Å²) in [6.45, 7) is 10.3. The molecule has 3 rings (SSSR count). The number of hydrogen-bond acceptors (Lipinski definition) is 4. The summed E-state index contributed by atoms with van der Waals surface area (Å²) in [5.41, 5.74) is 7.13. The van der Waals surface area contributed by atoms with Gasteiger partial charge in [-0.15, -0.1) is 10.3 Å². The highest BCUT2D eigenvalue weighted by molar-refractivity contribution is 9.11. The van der Waals surface area contributed by atoms with Gasteiger partial charge in [0.1, 0.15) is 0 Å². The van der Waals surface area contributed by atoms with Crippen LogP contribution in [0.15, 0.2) is 95.1 Å². The molecule has 0 saturated heterocycles. The first-order valence-electron chi connectivity index (χ1n) is 10.1. The smallest absolute Gasteiger partial charge is 0.154 e. The summed E-state index contributed by atoms with van der Waals surface area (Å²) in [7, 11) is 0. The highest BCUT2D eigenvalue weighted by Crippen LogP contribution is 2.36. The molecule has 1 saturated carbocycles. The van der Waals surface area contributed by atoms with E-state index in [9.17, 15) is 5.21 Å². The fraction of sp³-hybridized carbons (Fsp3) is 0.250. The van der Waals surface area contributed by atoms with Crippen molar-refractivity contribution >= 4 is 21.6 Å². The van der Waals surface area contributed by atoms with Crippen molar-refractivity contribution in [1.82, 2.24) is 10.7 Å². The van der Waals surface area contributed by atoms with Crippen LogP contribution in [0.1, 0.15) is 24.0 Å². The molecule has 0 amide bonds. The lowest BCUT2D eigenvalue weighted by Gasteiger charge is -2.35. The average molecular weight is 483 g/mol. The van der Waals surface area contributed by atoms with E-state index in [4.69, 9.17) is 4.74 Å². The number of benzene rings is 2. The van der Waals surface area contributed by atoms with Gasteiger partial charge in [0.15, 0.2) is 11.4 Å². The van der Waals surface area contributed by atoms with E-state index in [-0.39, 0.29) is 12.0 Å². The highest BCUT2D eigenvalue weighted by atomic mass is 79.9. The predicted molar refractivity (Wildman–Crippen MR) is 126 cm³/mol. The maximum atomic E-state index is 12.4. The molecule has 1 aliphatic rings. The number of hydrogen-bond donors (Lipinski definition) is 2. The first-order chi connectivity index (χ1) is 15.0. The maximum absolute atomic E-state index is 12.4. The molecule has 162 valence electrons. The number of nitrogens with one attached hydrogen (secondary N) is 2. The molecule has 0 atom stereocenters. The quantitative estimate of drug-likeness (QED) is 0.144. The second-order valence-electron chi connectivity index (χ2n) is 7.47. The van der Waals surface area contributed by atoms with E-state index in [2.05, 4.69) is 57.2 Å². The summed E-state index contributed by atoms with van der Waals surface area (Å²) in [5.74, 6) is 0.156. The van der Waals surface area contributed by atoms with Crippen LogP contribution in [0, 0.1) is 18.0 Å². The fourth-order valence-electron chi connectivity index (χ4n) is 3.30. The van der Waals surface area contributed by atoms with Gasteiger partial charge in [0.05, 0.1) is 28.2 Å². The minimum absolute atomic E-state index is 0.153. The molecule has 0 heterocycles. The fourth-order valence-corrected chi connectivity index (χ4v) is 3.51. The van der Waals surface area contributed by atoms with E-state index in [0.29, 0.717) is 21.8 Å². The van der Waals surface area contributed by atoms with Gasteiger partial charge < -0.3 is 15.3 Å². The molecule has 1 aliphatic carbocycles. The second-order valence-corrected chi connectivity index (χ2v) is 8.43. The molecule has 31 heavy (non-hydrogen) atoms. The van der Waals surface area contributed by atoms with Crippen LogP contribution in [0.3, 0.4) is 0 Å². The standard InChI is InChI=1S/C24H27BrN4O2/c1-4-23(26-18(3)25)24(27-28-29(30)21-12-10-17(2)11-13-21)20-14-22(15-20)31-16-19-8-6-5-7-9-19/h4-13,20,22,26-27H,1,3,14-16H2,2H3/b24-23-,29-28-. The average Bonchev–Trinajstić information content (AvgIpc) is 2.74. The van der Waals surface area contributed by atoms with Crippen LogP contribution in [-0.4, -0.2) is 11.0 Å². The van der Waals surface area contributed by atoms with Crippen LogP contribution >= 0.6 is 15.9 Å². The Bertz CT molecular complexity index is 965. The zero-order chi connectivity index (χ0) is 22.2. The van der Waals surface area contributed by atoms with Gasteiger partial charge in [0, 0.05) is 5.92 Å². The van der Waals surface area contributed by atoms with Crippen LogP contribution in [0.5, 0.6) is 0 Å². The van der Waals surface area contributed by atoms with Crippen LogP contribution in [0.25, 0.3) is 0 Å². The molecule has 2 aromatic carbocycles. The number of rotatable bonds is 10. The maximum Gasteiger partial charge on any atom is 0.154 e. The Hall–Kier alpha value is -2.90. The molecular weight excluding hydrogens is 456 g/mol. The minimum Gasteiger partial charge on any atom is -0.691 e. The third-order valence-electron chi connectivity index (χ3n) is 5.11. The topological polar surface area (TPSA) is 71.7 Å². The molecule has 0 radical (unpaired) electrons. The minimum atomic E-state index is 0.153. The van der Waals surface area contributed by atoms with Crippen molar-refractivity contribution in [3.05, 3.63) is 106 Å². The Morgan fingerprint density at radius 1 is 1.23 bits per heavy atom. The van der Waals surface area contributed by atoms with Crippen molar-refractivity contribution in [3.63, 3.8) is 0 Å². The lowest BCUT2D eigenvalue weighted by molar-refractivity contribution is -0.447. The van der Waals surface area contributed by atoms with E-state index < -0.39 is 0 Å². The molecule has 0 spiro atoms. The molecular formula is C24H27BrN4O2. The third-order valence-corrected chi connectivity index (χ3v) is 5.31. The molecule has 0 bridgehead atoms. The van der Waals surface area contributed by atoms with Gasteiger partial charge in [-0.1, -0.05) is 61.2 Å². The third kappa shape index (κ3) is 6.54. The van der Waals surface area contributed by atoms with Crippen LogP contribution in [0.4, 0.5) is 5.69 Å². The molecule has 2 N–H and O–H groups in total. The lowest BCUT2D eigenvalue weighted by atomic mass is 9.79. The van der Waals surface area contributed by atoms with Gasteiger partial charge in [-0.05, 0) is 59.5 Å². The SMILES string of the molecule is C=C/C(NC(=C)Br)=C(/N/N=[N+](\[O-])c1ccc(C)cc1)C1CC(OCc2ccccc2)C1. The van der Waals surface area contributed by atoms with E-state index in [1.54, 1.807) is 18.2 Å². The molecule has 0 unspecified atom stereocenters. The van der Waals surface area contributed by atoms with Crippen molar-refractivity contribution in [2.75, 3.05) is 0 Å². The van der Waals surface area contributed by atoms with Crippen molar-refractivity contribution in [3.8, 4) is 0 Å². The van der Waals surface area contributed by atoms with E-state index in [0.717, 1.165) is 35.4 Å². The van der Waals surface area contributed by atoms with Crippen LogP contribution < -0.4 is 10.7 Å². The number of nitrogens with zero attached hydrogens (tertiary/aromatic N) is 2. The first-order valence-corrected chi connectivity index (χ1v) is 10.9. The Morgan fingerprint density at radius 2 is 1.90 bits per heavy atom. The molecule has 0 aliphatic heterocycles. The Morgan fingerprint density at radius 3 is 2.52 bits per heavy atom. The van der Waals surface area contributed by atoms with Crippen molar-refractivity contribution in [1.29, 1.82) is 0 Å². The van der Waals surface area contributed by atoms with Crippen LogP contribution in [-0.2, 0) is 11.3 Å². The van der Waals surface area contributed by atoms with Crippen molar-refractivity contribution < 1.29 is 9.60 Å². The molecule has 1 fully saturated rings. The number of allylic oxidation sites excluding steroid dienone is 2. The summed E-state index contributed by atoms with van der Waals surface area (Å²) in [6.07, 6.45) is 3.48. The molecule has 2 aromatic rings. The number of aryl methyl sites for hydroxylation is 1. The summed E-state index contributed by atoms with van der Waals surface area (Å²) < 4.78 is 6.61. The van der Waals surface area contributed by atoms with Crippen molar-refractivity contribution in [2.24, 2.45) is 11.1 Å². The number of halogens is 1. The highest BCUT2D eigenvalue weighted by Gasteiger charge is 2.36. The molecule has 7 heteroatoms. The Kier molecular flexibility index (Phi) is 8.03. The van der Waals surface area contributed by atoms with Gasteiger partial charge in [-0.2, -0.15) is 0 Å². The van der Waals surface area contributed by atoms with E-state index in [1.165, 1.54) is 0 Å². The van der Waals surface area contributed by atoms with E-state index >= 15 is 0 Å². The summed E-state index contributed by atoms with van der Waals surface area (Å²) in [5, 5.41) is 19.6. The number of ether oxygens (including phenoxy) is 1. The summed E-state index contributed by atoms with van der Waals surface area (Å²) in [4.78, 5) is 0.575. The van der Waals surface area contributed by atoms with Crippen LogP contribution in [0.2, 0.25) is 0 Å². The van der Waals surface area contributed by atoms with Gasteiger partial charge in [0.25, 0.3) is 0 Å². The molecule has 0 aromatic heterocycles. The first kappa shape index (κ1) is 22.8. The zero-order valence-corrected chi connectivity index (χ0v) is 19.1. The largest absolute Gasteiger partial charge is 0.691 e. The van der Waals surface area contributed by atoms with Gasteiger partial charge in [-0.3, -0.25) is 0 Å².